The lowest BCUT2D eigenvalue weighted by Gasteiger charge is -2.39. The van der Waals surface area contributed by atoms with E-state index in [1.165, 1.54) is 0 Å². The number of nitrogens with zero attached hydrogens (tertiary/aromatic N) is 3. The molecule has 1 aliphatic heterocycles. The standard InChI is InChI=1S/C13H22N4O/c1-10(2)18-12-8-14-7-11(16-12)17-6-5-15-13(3,4)9-17/h7-8,10,15H,5-6,9H2,1-4H3. The van der Waals surface area contributed by atoms with Gasteiger partial charge in [0.05, 0.1) is 18.5 Å². The fourth-order valence-electron chi connectivity index (χ4n) is 2.13. The molecule has 0 amide bonds. The van der Waals surface area contributed by atoms with Gasteiger partial charge in [0, 0.05) is 25.2 Å². The lowest BCUT2D eigenvalue weighted by Crippen LogP contribution is -2.57. The average molecular weight is 250 g/mol. The second-order valence-electron chi connectivity index (χ2n) is 5.61. The van der Waals surface area contributed by atoms with E-state index in [4.69, 9.17) is 4.74 Å². The van der Waals surface area contributed by atoms with Crippen LogP contribution in [0.2, 0.25) is 0 Å². The molecule has 5 nitrogen and oxygen atoms in total. The predicted molar refractivity (Wildman–Crippen MR) is 72.1 cm³/mol. The number of rotatable bonds is 3. The van der Waals surface area contributed by atoms with Crippen LogP contribution in [0.4, 0.5) is 5.82 Å². The van der Waals surface area contributed by atoms with E-state index in [1.807, 2.05) is 13.8 Å². The molecule has 2 heterocycles. The Bertz CT molecular complexity index is 406. The van der Waals surface area contributed by atoms with E-state index in [2.05, 4.69) is 34.0 Å². The largest absolute Gasteiger partial charge is 0.474 e. The molecule has 0 radical (unpaired) electrons. The maximum Gasteiger partial charge on any atom is 0.234 e. The Morgan fingerprint density at radius 1 is 1.39 bits per heavy atom. The summed E-state index contributed by atoms with van der Waals surface area (Å²) in [6.07, 6.45) is 3.58. The molecule has 1 aliphatic rings. The first-order valence-electron chi connectivity index (χ1n) is 6.45. The zero-order chi connectivity index (χ0) is 13.2. The van der Waals surface area contributed by atoms with Crippen LogP contribution >= 0.6 is 0 Å². The van der Waals surface area contributed by atoms with E-state index >= 15 is 0 Å². The fourth-order valence-corrected chi connectivity index (χ4v) is 2.13. The summed E-state index contributed by atoms with van der Waals surface area (Å²) in [5, 5.41) is 3.48. The molecule has 1 fully saturated rings. The van der Waals surface area contributed by atoms with Crippen LogP contribution in [0.15, 0.2) is 12.4 Å². The molecule has 0 spiro atoms. The molecule has 0 unspecified atom stereocenters. The lowest BCUT2D eigenvalue weighted by atomic mass is 10.0. The van der Waals surface area contributed by atoms with Gasteiger partial charge in [-0.25, -0.2) is 0 Å². The van der Waals surface area contributed by atoms with Crippen molar-refractivity contribution in [3.05, 3.63) is 12.4 Å². The molecule has 0 atom stereocenters. The quantitative estimate of drug-likeness (QED) is 0.880. The van der Waals surface area contributed by atoms with E-state index < -0.39 is 0 Å². The van der Waals surface area contributed by atoms with Gasteiger partial charge in [0.2, 0.25) is 5.88 Å². The molecular weight excluding hydrogens is 228 g/mol. The highest BCUT2D eigenvalue weighted by atomic mass is 16.5. The summed E-state index contributed by atoms with van der Waals surface area (Å²) in [6, 6.07) is 0. The van der Waals surface area contributed by atoms with E-state index in [-0.39, 0.29) is 11.6 Å². The second-order valence-corrected chi connectivity index (χ2v) is 5.61. The Balaban J connectivity index is 2.12. The molecule has 0 bridgehead atoms. The first-order chi connectivity index (χ1) is 8.46. The Kier molecular flexibility index (Phi) is 3.71. The molecule has 0 aliphatic carbocycles. The van der Waals surface area contributed by atoms with Crippen molar-refractivity contribution in [2.24, 2.45) is 0 Å². The molecule has 100 valence electrons. The second kappa shape index (κ2) is 5.10. The van der Waals surface area contributed by atoms with Crippen LogP contribution in [-0.2, 0) is 0 Å². The van der Waals surface area contributed by atoms with Gasteiger partial charge in [0.1, 0.15) is 0 Å². The van der Waals surface area contributed by atoms with Crippen molar-refractivity contribution in [3.63, 3.8) is 0 Å². The van der Waals surface area contributed by atoms with Crippen molar-refractivity contribution in [3.8, 4) is 5.88 Å². The maximum atomic E-state index is 5.58. The topological polar surface area (TPSA) is 50.3 Å². The van der Waals surface area contributed by atoms with Crippen molar-refractivity contribution < 1.29 is 4.74 Å². The number of hydrogen-bond acceptors (Lipinski definition) is 5. The molecule has 0 saturated carbocycles. The molecule has 18 heavy (non-hydrogen) atoms. The highest BCUT2D eigenvalue weighted by Crippen LogP contribution is 2.19. The SMILES string of the molecule is CC(C)Oc1cncc(N2CCNC(C)(C)C2)n1. The van der Waals surface area contributed by atoms with Gasteiger partial charge in [-0.05, 0) is 27.7 Å². The van der Waals surface area contributed by atoms with Crippen LogP contribution < -0.4 is 15.0 Å². The highest BCUT2D eigenvalue weighted by Gasteiger charge is 2.26. The molecule has 5 heteroatoms. The van der Waals surface area contributed by atoms with E-state index in [9.17, 15) is 0 Å². The maximum absolute atomic E-state index is 5.58. The Labute approximate surface area is 109 Å². The van der Waals surface area contributed by atoms with Crippen LogP contribution in [0.1, 0.15) is 27.7 Å². The number of piperazine rings is 1. The van der Waals surface area contributed by atoms with Gasteiger partial charge in [-0.15, -0.1) is 0 Å². The summed E-state index contributed by atoms with van der Waals surface area (Å²) >= 11 is 0. The van der Waals surface area contributed by atoms with Gasteiger partial charge in [0.25, 0.3) is 0 Å². The van der Waals surface area contributed by atoms with Crippen LogP contribution in [0.3, 0.4) is 0 Å². The number of anilines is 1. The normalized spacial score (nSPS) is 19.1. The Morgan fingerprint density at radius 3 is 2.83 bits per heavy atom. The number of hydrogen-bond donors (Lipinski definition) is 1. The molecule has 2 rings (SSSR count). The van der Waals surface area contributed by atoms with Crippen molar-refractivity contribution >= 4 is 5.82 Å². The summed E-state index contributed by atoms with van der Waals surface area (Å²) < 4.78 is 5.58. The predicted octanol–water partition coefficient (Wildman–Crippen LogP) is 1.45. The minimum atomic E-state index is 0.106. The molecule has 1 saturated heterocycles. The number of aromatic nitrogens is 2. The van der Waals surface area contributed by atoms with Crippen molar-refractivity contribution in [1.82, 2.24) is 15.3 Å². The van der Waals surface area contributed by atoms with Crippen LogP contribution in [-0.4, -0.2) is 41.2 Å². The van der Waals surface area contributed by atoms with Crippen molar-refractivity contribution in [1.29, 1.82) is 0 Å². The number of nitrogens with one attached hydrogen (secondary N) is 1. The Hall–Kier alpha value is -1.36. The summed E-state index contributed by atoms with van der Waals surface area (Å²) in [4.78, 5) is 11.0. The van der Waals surface area contributed by atoms with E-state index in [1.54, 1.807) is 12.4 Å². The third-order valence-corrected chi connectivity index (χ3v) is 2.85. The molecule has 0 aromatic carbocycles. The smallest absolute Gasteiger partial charge is 0.234 e. The van der Waals surface area contributed by atoms with Gasteiger partial charge in [-0.3, -0.25) is 4.98 Å². The summed E-state index contributed by atoms with van der Waals surface area (Å²) in [6.45, 7) is 11.2. The minimum absolute atomic E-state index is 0.106. The molecular formula is C13H22N4O. The van der Waals surface area contributed by atoms with Gasteiger partial charge < -0.3 is 15.0 Å². The van der Waals surface area contributed by atoms with Crippen LogP contribution in [0.25, 0.3) is 0 Å². The van der Waals surface area contributed by atoms with Gasteiger partial charge in [-0.1, -0.05) is 0 Å². The van der Waals surface area contributed by atoms with E-state index in [0.717, 1.165) is 25.5 Å². The third-order valence-electron chi connectivity index (χ3n) is 2.85. The van der Waals surface area contributed by atoms with Crippen LogP contribution in [0, 0.1) is 0 Å². The lowest BCUT2D eigenvalue weighted by molar-refractivity contribution is 0.231. The van der Waals surface area contributed by atoms with Crippen molar-refractivity contribution in [2.75, 3.05) is 24.5 Å². The molecule has 1 N–H and O–H groups in total. The first kappa shape index (κ1) is 13.1. The minimum Gasteiger partial charge on any atom is -0.474 e. The first-order valence-corrected chi connectivity index (χ1v) is 6.45. The summed E-state index contributed by atoms with van der Waals surface area (Å²) in [5.41, 5.74) is 0.106. The van der Waals surface area contributed by atoms with Crippen LogP contribution in [0.5, 0.6) is 5.88 Å². The fraction of sp³-hybridized carbons (Fsp3) is 0.692. The number of ether oxygens (including phenoxy) is 1. The third kappa shape index (κ3) is 3.32. The zero-order valence-electron chi connectivity index (χ0n) is 11.6. The summed E-state index contributed by atoms with van der Waals surface area (Å²) in [5.74, 6) is 1.49. The van der Waals surface area contributed by atoms with Crippen molar-refractivity contribution in [2.45, 2.75) is 39.3 Å². The van der Waals surface area contributed by atoms with Gasteiger partial charge in [-0.2, -0.15) is 4.98 Å². The monoisotopic (exact) mass is 250 g/mol. The highest BCUT2D eigenvalue weighted by molar-refractivity contribution is 5.39. The summed E-state index contributed by atoms with van der Waals surface area (Å²) in [7, 11) is 0. The molecule has 1 aromatic heterocycles. The zero-order valence-corrected chi connectivity index (χ0v) is 11.6. The van der Waals surface area contributed by atoms with E-state index in [0.29, 0.717) is 5.88 Å². The van der Waals surface area contributed by atoms with Gasteiger partial charge in [0.15, 0.2) is 5.82 Å². The average Bonchev–Trinajstić information content (AvgIpc) is 2.27. The molecule has 1 aromatic rings. The van der Waals surface area contributed by atoms with Gasteiger partial charge >= 0.3 is 0 Å². The Morgan fingerprint density at radius 2 is 2.17 bits per heavy atom.